The first-order valence-corrected chi connectivity index (χ1v) is 4.44. The van der Waals surface area contributed by atoms with Crippen LogP contribution in [0.25, 0.3) is 0 Å². The Balaban J connectivity index is 2.26. The van der Waals surface area contributed by atoms with Gasteiger partial charge in [-0.15, -0.1) is 0 Å². The van der Waals surface area contributed by atoms with Crippen LogP contribution in [0, 0.1) is 11.8 Å². The van der Waals surface area contributed by atoms with Crippen LogP contribution in [0.4, 0.5) is 0 Å². The van der Waals surface area contributed by atoms with Crippen LogP contribution in [0.15, 0.2) is 0 Å². The van der Waals surface area contributed by atoms with Gasteiger partial charge in [0.2, 0.25) is 0 Å². The van der Waals surface area contributed by atoms with Crippen LogP contribution in [-0.2, 0) is 4.84 Å². The van der Waals surface area contributed by atoms with Gasteiger partial charge in [-0.3, -0.25) is 10.4 Å². The molecule has 2 unspecified atom stereocenters. The van der Waals surface area contributed by atoms with Gasteiger partial charge in [0.25, 0.3) is 0 Å². The van der Waals surface area contributed by atoms with Gasteiger partial charge >= 0.3 is 0 Å². The molecule has 1 fully saturated rings. The summed E-state index contributed by atoms with van der Waals surface area (Å²) in [5, 5.41) is 16.6. The summed E-state index contributed by atoms with van der Waals surface area (Å²) >= 11 is 0. The van der Waals surface area contributed by atoms with E-state index >= 15 is 0 Å². The lowest BCUT2D eigenvalue weighted by atomic mass is 9.95. The normalized spacial score (nSPS) is 30.5. The molecule has 1 rings (SSSR count). The Hall–Kier alpha value is -0.160. The predicted molar refractivity (Wildman–Crippen MR) is 42.5 cm³/mol. The molecular formula is C8H17NO3. The lowest BCUT2D eigenvalue weighted by Crippen LogP contribution is -2.22. The van der Waals surface area contributed by atoms with Crippen LogP contribution in [0.5, 0.6) is 0 Å². The van der Waals surface area contributed by atoms with Gasteiger partial charge in [0.1, 0.15) is 0 Å². The highest BCUT2D eigenvalue weighted by Gasteiger charge is 2.28. The van der Waals surface area contributed by atoms with E-state index in [9.17, 15) is 0 Å². The predicted octanol–water partition coefficient (Wildman–Crippen LogP) is 1.82. The maximum absolute atomic E-state index is 8.40. The number of hydrogen-bond acceptors (Lipinski definition) is 4. The third-order valence-corrected chi connectivity index (χ3v) is 2.61. The minimum absolute atomic E-state index is 0.0209. The largest absolute Gasteiger partial charge is 0.266 e. The molecule has 1 saturated carbocycles. The first-order chi connectivity index (χ1) is 5.59. The van der Waals surface area contributed by atoms with E-state index in [1.165, 1.54) is 0 Å². The summed E-state index contributed by atoms with van der Waals surface area (Å²) in [6.07, 6.45) is 2.94. The molecule has 2 N–H and O–H groups in total. The molecule has 0 bridgehead atoms. The Kier molecular flexibility index (Phi) is 3.46. The highest BCUT2D eigenvalue weighted by atomic mass is 17.1. The summed E-state index contributed by atoms with van der Waals surface area (Å²) in [6.45, 7) is 4.37. The van der Waals surface area contributed by atoms with E-state index in [1.54, 1.807) is 0 Å². The van der Waals surface area contributed by atoms with Gasteiger partial charge in [-0.2, -0.15) is 0 Å². The van der Waals surface area contributed by atoms with Crippen LogP contribution in [0.2, 0.25) is 0 Å². The molecule has 2 atom stereocenters. The zero-order chi connectivity index (χ0) is 9.14. The lowest BCUT2D eigenvalue weighted by molar-refractivity contribution is -0.504. The molecule has 0 aliphatic heterocycles. The molecule has 1 aliphatic carbocycles. The van der Waals surface area contributed by atoms with Gasteiger partial charge < -0.3 is 0 Å². The summed E-state index contributed by atoms with van der Waals surface area (Å²) in [5.74, 6) is 1.32. The monoisotopic (exact) mass is 175 g/mol. The fourth-order valence-corrected chi connectivity index (χ4v) is 1.81. The molecule has 12 heavy (non-hydrogen) atoms. The third-order valence-electron chi connectivity index (χ3n) is 2.61. The summed E-state index contributed by atoms with van der Waals surface area (Å²) < 4.78 is 0. The van der Waals surface area contributed by atoms with Crippen molar-refractivity contribution in [1.82, 2.24) is 5.39 Å². The van der Waals surface area contributed by atoms with Crippen LogP contribution >= 0.6 is 0 Å². The van der Waals surface area contributed by atoms with Crippen molar-refractivity contribution in [2.45, 2.75) is 39.2 Å². The lowest BCUT2D eigenvalue weighted by Gasteiger charge is -2.15. The average molecular weight is 175 g/mol. The van der Waals surface area contributed by atoms with E-state index in [2.05, 4.69) is 13.8 Å². The Labute approximate surface area is 72.6 Å². The van der Waals surface area contributed by atoms with Gasteiger partial charge in [0.15, 0.2) is 0 Å². The molecule has 0 aromatic heterocycles. The fourth-order valence-electron chi connectivity index (χ4n) is 1.81. The average Bonchev–Trinajstić information content (AvgIpc) is 2.34. The summed E-state index contributed by atoms with van der Waals surface area (Å²) in [4.78, 5) is 4.74. The highest BCUT2D eigenvalue weighted by Crippen LogP contribution is 2.33. The second-order valence-electron chi connectivity index (χ2n) is 3.80. The summed E-state index contributed by atoms with van der Waals surface area (Å²) in [5.41, 5.74) is 0. The Morgan fingerprint density at radius 2 is 2.00 bits per heavy atom. The summed E-state index contributed by atoms with van der Waals surface area (Å²) in [7, 11) is 0. The van der Waals surface area contributed by atoms with Crippen LogP contribution in [0.3, 0.4) is 0 Å². The number of rotatable bonds is 3. The SMILES string of the molecule is CC(C)C1CCC(ON(O)O)C1. The molecule has 1 aliphatic rings. The highest BCUT2D eigenvalue weighted by molar-refractivity contribution is 4.77. The molecule has 0 spiro atoms. The number of nitrogens with zero attached hydrogens (tertiary/aromatic N) is 1. The van der Waals surface area contributed by atoms with Crippen molar-refractivity contribution in [2.24, 2.45) is 11.8 Å². The molecule has 4 heteroatoms. The molecule has 0 saturated heterocycles. The summed E-state index contributed by atoms with van der Waals surface area (Å²) in [6, 6.07) is 0. The topological polar surface area (TPSA) is 52.9 Å². The van der Waals surface area contributed by atoms with Gasteiger partial charge in [0, 0.05) is 0 Å². The zero-order valence-corrected chi connectivity index (χ0v) is 7.60. The second kappa shape index (κ2) is 4.18. The van der Waals surface area contributed by atoms with E-state index < -0.39 is 0 Å². The van der Waals surface area contributed by atoms with Crippen molar-refractivity contribution < 1.29 is 15.3 Å². The van der Waals surface area contributed by atoms with Crippen LogP contribution in [0.1, 0.15) is 33.1 Å². The maximum Gasteiger partial charge on any atom is 0.0847 e. The van der Waals surface area contributed by atoms with Gasteiger partial charge in [-0.1, -0.05) is 13.8 Å². The van der Waals surface area contributed by atoms with E-state index in [-0.39, 0.29) is 11.5 Å². The van der Waals surface area contributed by atoms with Crippen molar-refractivity contribution in [2.75, 3.05) is 0 Å². The standard InChI is InChI=1S/C8H17NO3/c1-6(2)7-3-4-8(5-7)12-9(10)11/h6-8,10-11H,3-5H2,1-2H3. The van der Waals surface area contributed by atoms with Gasteiger partial charge in [-0.25, -0.2) is 4.84 Å². The Bertz CT molecular complexity index is 138. The van der Waals surface area contributed by atoms with Crippen LogP contribution in [-0.4, -0.2) is 21.9 Å². The first kappa shape index (κ1) is 9.92. The molecule has 4 nitrogen and oxygen atoms in total. The van der Waals surface area contributed by atoms with Gasteiger partial charge in [-0.05, 0) is 31.1 Å². The minimum Gasteiger partial charge on any atom is -0.266 e. The Morgan fingerprint density at radius 3 is 2.42 bits per heavy atom. The van der Waals surface area contributed by atoms with E-state index in [0.29, 0.717) is 11.8 Å². The minimum atomic E-state index is -0.173. The molecule has 0 heterocycles. The van der Waals surface area contributed by atoms with Crippen molar-refractivity contribution >= 4 is 0 Å². The molecule has 0 aromatic rings. The van der Waals surface area contributed by atoms with Gasteiger partial charge in [0.05, 0.1) is 11.5 Å². The number of hydrogen-bond donors (Lipinski definition) is 2. The maximum atomic E-state index is 8.40. The van der Waals surface area contributed by atoms with E-state index in [4.69, 9.17) is 15.3 Å². The van der Waals surface area contributed by atoms with Crippen molar-refractivity contribution in [3.05, 3.63) is 0 Å². The van der Waals surface area contributed by atoms with E-state index in [1.807, 2.05) is 0 Å². The Morgan fingerprint density at radius 1 is 1.33 bits per heavy atom. The molecular weight excluding hydrogens is 158 g/mol. The molecule has 72 valence electrons. The fraction of sp³-hybridized carbons (Fsp3) is 1.00. The van der Waals surface area contributed by atoms with Crippen molar-refractivity contribution in [1.29, 1.82) is 0 Å². The second-order valence-corrected chi connectivity index (χ2v) is 3.80. The zero-order valence-electron chi connectivity index (χ0n) is 7.60. The van der Waals surface area contributed by atoms with Crippen molar-refractivity contribution in [3.8, 4) is 0 Å². The first-order valence-electron chi connectivity index (χ1n) is 4.44. The smallest absolute Gasteiger partial charge is 0.0847 e. The van der Waals surface area contributed by atoms with E-state index in [0.717, 1.165) is 19.3 Å². The quantitative estimate of drug-likeness (QED) is 0.642. The molecule has 0 aromatic carbocycles. The molecule has 0 radical (unpaired) electrons. The molecule has 0 amide bonds. The third kappa shape index (κ3) is 2.71. The van der Waals surface area contributed by atoms with Crippen LogP contribution < -0.4 is 0 Å². The van der Waals surface area contributed by atoms with Crippen molar-refractivity contribution in [3.63, 3.8) is 0 Å².